The molecule has 16 heavy (non-hydrogen) atoms. The molecule has 0 heterocycles. The van der Waals surface area contributed by atoms with Crippen molar-refractivity contribution in [3.8, 4) is 0 Å². The van der Waals surface area contributed by atoms with E-state index in [1.54, 1.807) is 0 Å². The lowest BCUT2D eigenvalue weighted by atomic mass is 10.1. The summed E-state index contributed by atoms with van der Waals surface area (Å²) in [5.74, 6) is -0.781. The minimum absolute atomic E-state index is 0.403. The Bertz CT molecular complexity index is 190. The Kier molecular flexibility index (Phi) is 11.0. The van der Waals surface area contributed by atoms with E-state index >= 15 is 0 Å². The molecule has 4 N–H and O–H groups in total. The summed E-state index contributed by atoms with van der Waals surface area (Å²) in [7, 11) is -4.53. The predicted octanol–water partition coefficient (Wildman–Crippen LogP) is 0.981. The van der Waals surface area contributed by atoms with E-state index in [4.69, 9.17) is 10.8 Å². The van der Waals surface area contributed by atoms with Gasteiger partial charge < -0.3 is 28.1 Å². The molecule has 0 radical (unpaired) electrons. The van der Waals surface area contributed by atoms with E-state index in [1.165, 1.54) is 9.39 Å². The first kappa shape index (κ1) is 18.0. The summed E-state index contributed by atoms with van der Waals surface area (Å²) < 4.78 is 39.0. The Labute approximate surface area is 93.3 Å². The fraction of sp³-hybridized carbons (Fsp3) is 0.833. The van der Waals surface area contributed by atoms with Crippen LogP contribution >= 0.6 is 9.39 Å². The number of hydrogen-bond donors (Lipinski definition) is 3. The van der Waals surface area contributed by atoms with Crippen LogP contribution in [0, 0.1) is 0 Å². The van der Waals surface area contributed by atoms with Crippen LogP contribution in [0.2, 0.25) is 0 Å². The molecule has 2 atom stereocenters. The second-order valence-electron chi connectivity index (χ2n) is 2.87. The second kappa shape index (κ2) is 9.80. The van der Waals surface area contributed by atoms with Crippen LogP contribution in [0.1, 0.15) is 19.3 Å². The lowest BCUT2D eigenvalue weighted by molar-refractivity contribution is -0.139. The zero-order chi connectivity index (χ0) is 13.2. The van der Waals surface area contributed by atoms with Crippen LogP contribution in [0.4, 0.5) is 17.3 Å². The van der Waals surface area contributed by atoms with Gasteiger partial charge in [-0.3, -0.25) is 4.79 Å². The van der Waals surface area contributed by atoms with Crippen molar-refractivity contribution < 1.29 is 27.2 Å². The van der Waals surface area contributed by atoms with E-state index in [9.17, 15) is 22.1 Å². The van der Waals surface area contributed by atoms with Gasteiger partial charge in [0.25, 0.3) is 0 Å². The molecule has 1 unspecified atom stereocenters. The number of carboxylic acid groups (broad SMARTS) is 1. The summed E-state index contributed by atoms with van der Waals surface area (Å²) in [6.45, 7) is 0.637. The molecule has 0 aliphatic heterocycles. The Morgan fingerprint density at radius 1 is 1.38 bits per heavy atom. The number of nitrogens with one attached hydrogen (secondary N) is 1. The van der Waals surface area contributed by atoms with Crippen LogP contribution in [0.5, 0.6) is 0 Å². The fourth-order valence-electron chi connectivity index (χ4n) is 0.806. The van der Waals surface area contributed by atoms with Gasteiger partial charge in [0.05, 0.1) is 0 Å². The van der Waals surface area contributed by atoms with E-state index in [0.717, 1.165) is 12.8 Å². The van der Waals surface area contributed by atoms with Crippen molar-refractivity contribution in [2.45, 2.75) is 25.3 Å². The van der Waals surface area contributed by atoms with Crippen molar-refractivity contribution in [1.29, 1.82) is 0 Å². The fourth-order valence-corrected chi connectivity index (χ4v) is 1.18. The first-order chi connectivity index (χ1) is 7.22. The van der Waals surface area contributed by atoms with Crippen molar-refractivity contribution in [3.63, 3.8) is 0 Å². The van der Waals surface area contributed by atoms with Gasteiger partial charge in [-0.1, -0.05) is 0 Å². The number of unbranched alkanes of at least 4 members (excludes halogenated alkanes) is 1. The van der Waals surface area contributed by atoms with Crippen LogP contribution in [-0.2, 0) is 4.79 Å². The number of hydrogen-bond acceptors (Lipinski definition) is 3. The van der Waals surface area contributed by atoms with Crippen LogP contribution in [0.25, 0.3) is 0 Å². The average Bonchev–Trinajstić information content (AvgIpc) is 2.09. The summed E-state index contributed by atoms with van der Waals surface area (Å²) in [5.41, 5.74) is 5.27. The molecule has 0 amide bonds. The third kappa shape index (κ3) is 19.2. The van der Waals surface area contributed by atoms with E-state index in [1.807, 2.05) is 0 Å². The second-order valence-corrected chi connectivity index (χ2v) is 3.28. The lowest BCUT2D eigenvalue weighted by Crippen LogP contribution is -2.30. The molecule has 10 heteroatoms. The number of halogens is 4. The van der Waals surface area contributed by atoms with Gasteiger partial charge in [0, 0.05) is 9.39 Å². The molecule has 98 valence electrons. The smallest absolute Gasteiger partial charge is 0.480 e. The third-order valence-corrected chi connectivity index (χ3v) is 1.98. The number of rotatable bonds is 6. The maximum atomic E-state index is 10.4. The maximum Gasteiger partial charge on any atom is 0.673 e. The predicted molar refractivity (Wildman–Crippen MR) is 58.8 cm³/mol. The number of carbonyl (C=O) groups is 1. The van der Waals surface area contributed by atoms with Crippen molar-refractivity contribution >= 4 is 22.6 Å². The quantitative estimate of drug-likeness (QED) is 0.290. The lowest BCUT2D eigenvalue weighted by Gasteiger charge is -2.06. The summed E-state index contributed by atoms with van der Waals surface area (Å²) in [5, 5.41) is 11.3. The largest absolute Gasteiger partial charge is 0.673 e. The summed E-state index contributed by atoms with van der Waals surface area (Å²) in [4.78, 5) is 10.4. The Balaban J connectivity index is 0. The van der Waals surface area contributed by atoms with Gasteiger partial charge in [-0.15, -0.1) is 0 Å². The minimum Gasteiger partial charge on any atom is -0.480 e. The van der Waals surface area contributed by atoms with Gasteiger partial charge in [-0.25, -0.2) is 0 Å². The molecule has 0 aromatic rings. The van der Waals surface area contributed by atoms with E-state index < -0.39 is 19.3 Å². The highest BCUT2D eigenvalue weighted by molar-refractivity contribution is 7.13. The molecule has 0 aliphatic rings. The summed E-state index contributed by atoms with van der Waals surface area (Å²) in [6.07, 6.45) is 2.43. The van der Waals surface area contributed by atoms with Gasteiger partial charge in [-0.05, 0) is 25.8 Å². The first-order valence-corrected chi connectivity index (χ1v) is 5.26. The molecular weight excluding hydrogens is 250 g/mol. The maximum absolute atomic E-state index is 10.4. The van der Waals surface area contributed by atoms with E-state index in [2.05, 4.69) is 5.09 Å². The average molecular weight is 266 g/mol. The van der Waals surface area contributed by atoms with Crippen molar-refractivity contribution in [2.24, 2.45) is 5.73 Å². The van der Waals surface area contributed by atoms with Gasteiger partial charge in [0.2, 0.25) is 0 Å². The molecule has 0 aromatic carbocycles. The summed E-state index contributed by atoms with van der Waals surface area (Å²) in [6, 6.07) is -0.403. The normalized spacial score (nSPS) is 12.8. The van der Waals surface area contributed by atoms with Crippen LogP contribution in [0.15, 0.2) is 0 Å². The molecule has 0 aromatic heterocycles. The number of carboxylic acids is 1. The highest BCUT2D eigenvalue weighted by atomic mass is 31.0. The van der Waals surface area contributed by atoms with Crippen LogP contribution in [-0.4, -0.2) is 30.9 Å². The van der Waals surface area contributed by atoms with Crippen molar-refractivity contribution in [1.82, 2.24) is 5.09 Å². The standard InChI is InChI=1S/C6H15N2O2P.BF4/c7-4-2-1-3-5(8-11)6(9)10;2-1(3,4)5/h5,8H,1-4,7,11H2,(H,9,10);/q;-1/p+1/t5-;/m0./s1. The monoisotopic (exact) mass is 266 g/mol. The first-order valence-electron chi connectivity index (χ1n) is 4.55. The molecule has 0 saturated carbocycles. The number of nitrogens with two attached hydrogens (primary N) is 1. The molecule has 0 aliphatic carbocycles. The molecule has 0 bridgehead atoms. The highest BCUT2D eigenvalue weighted by Gasteiger charge is 2.20. The molecule has 4 nitrogen and oxygen atoms in total. The molecule has 0 fully saturated rings. The Morgan fingerprint density at radius 3 is 2.06 bits per heavy atom. The van der Waals surface area contributed by atoms with Gasteiger partial charge in [-0.2, -0.15) is 5.09 Å². The SMILES string of the molecule is F[B-](F)(F)F.NCCCC[C@H](N[PH3+])C(=O)O. The van der Waals surface area contributed by atoms with Crippen LogP contribution < -0.4 is 10.8 Å². The van der Waals surface area contributed by atoms with Gasteiger partial charge in [0.1, 0.15) is 6.04 Å². The highest BCUT2D eigenvalue weighted by Crippen LogP contribution is 2.06. The Hall–Kier alpha value is -0.395. The van der Waals surface area contributed by atoms with Crippen LogP contribution in [0.3, 0.4) is 0 Å². The van der Waals surface area contributed by atoms with E-state index in [-0.39, 0.29) is 0 Å². The molecular formula is C6H16BF4N2O2P. The zero-order valence-corrected chi connectivity index (χ0v) is 10.0. The minimum atomic E-state index is -6.00. The Morgan fingerprint density at radius 2 is 1.81 bits per heavy atom. The van der Waals surface area contributed by atoms with Gasteiger partial charge >= 0.3 is 13.2 Å². The topological polar surface area (TPSA) is 75.3 Å². The molecule has 0 spiro atoms. The summed E-state index contributed by atoms with van der Waals surface area (Å²) >= 11 is 0. The van der Waals surface area contributed by atoms with Crippen molar-refractivity contribution in [2.75, 3.05) is 6.54 Å². The molecule has 0 rings (SSSR count). The van der Waals surface area contributed by atoms with Crippen molar-refractivity contribution in [3.05, 3.63) is 0 Å². The third-order valence-electron chi connectivity index (χ3n) is 1.49. The molecule has 0 saturated heterocycles. The number of aliphatic carboxylic acids is 1. The van der Waals surface area contributed by atoms with Gasteiger partial charge in [0.15, 0.2) is 0 Å². The zero-order valence-electron chi connectivity index (χ0n) is 8.63. The van der Waals surface area contributed by atoms with E-state index in [0.29, 0.717) is 13.0 Å².